The Hall–Kier alpha value is -2.38. The molecule has 0 bridgehead atoms. The normalized spacial score (nSPS) is 13.2. The highest BCUT2D eigenvalue weighted by Gasteiger charge is 2.25. The predicted molar refractivity (Wildman–Crippen MR) is 85.1 cm³/mol. The second-order valence-corrected chi connectivity index (χ2v) is 5.31. The van der Waals surface area contributed by atoms with Gasteiger partial charge in [0.1, 0.15) is 11.6 Å². The van der Waals surface area contributed by atoms with E-state index in [1.54, 1.807) is 24.3 Å². The molecule has 2 rings (SSSR count). The van der Waals surface area contributed by atoms with Crippen molar-refractivity contribution >= 4 is 0 Å². The van der Waals surface area contributed by atoms with Gasteiger partial charge in [0.15, 0.2) is 17.2 Å². The lowest BCUT2D eigenvalue weighted by molar-refractivity contribution is 0.0877. The summed E-state index contributed by atoms with van der Waals surface area (Å²) in [6.07, 6.45) is 7.66. The fourth-order valence-electron chi connectivity index (χ4n) is 2.22. The van der Waals surface area contributed by atoms with Crippen molar-refractivity contribution < 1.29 is 18.6 Å². The third-order valence-electron chi connectivity index (χ3n) is 3.58. The summed E-state index contributed by atoms with van der Waals surface area (Å²) in [4.78, 5) is 0. The minimum absolute atomic E-state index is 0.0719. The Labute approximate surface area is 134 Å². The maximum absolute atomic E-state index is 13.6. The quantitative estimate of drug-likeness (QED) is 0.778. The number of aliphatic hydroxyl groups is 1. The Balaban J connectivity index is 2.17. The van der Waals surface area contributed by atoms with Gasteiger partial charge in [-0.2, -0.15) is 0 Å². The number of halogens is 2. The second kappa shape index (κ2) is 7.26. The number of hydrogen-bond donors (Lipinski definition) is 1. The van der Waals surface area contributed by atoms with Gasteiger partial charge in [-0.15, -0.1) is 6.42 Å². The molecule has 1 N–H and O–H groups in total. The van der Waals surface area contributed by atoms with E-state index in [-0.39, 0.29) is 5.75 Å². The first-order valence-electron chi connectivity index (χ1n) is 7.42. The SMILES string of the molecule is C#CC(O)(CCCC)c1ccc(Oc2ccc(F)cc2F)cc1. The number of unbranched alkanes of at least 4 members (excludes halogenated alkanes) is 1. The van der Waals surface area contributed by atoms with Crippen LogP contribution in [0.2, 0.25) is 0 Å². The van der Waals surface area contributed by atoms with Crippen LogP contribution in [-0.2, 0) is 5.60 Å². The summed E-state index contributed by atoms with van der Waals surface area (Å²) >= 11 is 0. The topological polar surface area (TPSA) is 29.5 Å². The molecule has 0 spiro atoms. The third-order valence-corrected chi connectivity index (χ3v) is 3.58. The molecule has 0 aliphatic carbocycles. The number of terminal acetylenes is 1. The maximum Gasteiger partial charge on any atom is 0.168 e. The number of rotatable bonds is 6. The fourth-order valence-corrected chi connectivity index (χ4v) is 2.22. The number of ether oxygens (including phenoxy) is 1. The van der Waals surface area contributed by atoms with Crippen molar-refractivity contribution in [3.05, 3.63) is 59.7 Å². The molecule has 0 aliphatic rings. The molecule has 2 nitrogen and oxygen atoms in total. The second-order valence-electron chi connectivity index (χ2n) is 5.31. The van der Waals surface area contributed by atoms with Crippen LogP contribution < -0.4 is 4.74 Å². The third kappa shape index (κ3) is 4.08. The lowest BCUT2D eigenvalue weighted by Gasteiger charge is -2.22. The van der Waals surface area contributed by atoms with Crippen LogP contribution in [0.3, 0.4) is 0 Å². The zero-order valence-corrected chi connectivity index (χ0v) is 12.9. The molecule has 4 heteroatoms. The molecule has 0 aliphatic heterocycles. The fraction of sp³-hybridized carbons (Fsp3) is 0.263. The number of benzene rings is 2. The summed E-state index contributed by atoms with van der Waals surface area (Å²) in [7, 11) is 0. The molecular weight excluding hydrogens is 298 g/mol. The average Bonchev–Trinajstić information content (AvgIpc) is 2.56. The van der Waals surface area contributed by atoms with Crippen LogP contribution >= 0.6 is 0 Å². The van der Waals surface area contributed by atoms with Gasteiger partial charge >= 0.3 is 0 Å². The van der Waals surface area contributed by atoms with E-state index in [9.17, 15) is 13.9 Å². The zero-order chi connectivity index (χ0) is 16.9. The van der Waals surface area contributed by atoms with Crippen LogP contribution in [0.4, 0.5) is 8.78 Å². The van der Waals surface area contributed by atoms with Gasteiger partial charge in [-0.1, -0.05) is 31.4 Å². The lowest BCUT2D eigenvalue weighted by Crippen LogP contribution is -2.23. The predicted octanol–water partition coefficient (Wildman–Crippen LogP) is 4.77. The summed E-state index contributed by atoms with van der Waals surface area (Å²) in [5, 5.41) is 10.5. The van der Waals surface area contributed by atoms with Crippen molar-refractivity contribution in [2.45, 2.75) is 31.8 Å². The average molecular weight is 316 g/mol. The minimum atomic E-state index is -1.32. The van der Waals surface area contributed by atoms with E-state index in [0.29, 0.717) is 17.7 Å². The minimum Gasteiger partial charge on any atom is -0.454 e. The lowest BCUT2D eigenvalue weighted by atomic mass is 9.89. The van der Waals surface area contributed by atoms with Crippen LogP contribution in [0.25, 0.3) is 0 Å². The largest absolute Gasteiger partial charge is 0.454 e. The zero-order valence-electron chi connectivity index (χ0n) is 12.9. The van der Waals surface area contributed by atoms with E-state index < -0.39 is 17.2 Å². The van der Waals surface area contributed by atoms with E-state index in [1.807, 2.05) is 6.92 Å². The Morgan fingerprint density at radius 3 is 2.43 bits per heavy atom. The van der Waals surface area contributed by atoms with E-state index in [2.05, 4.69) is 5.92 Å². The van der Waals surface area contributed by atoms with Gasteiger partial charge in [-0.05, 0) is 42.7 Å². The van der Waals surface area contributed by atoms with Gasteiger partial charge in [0.25, 0.3) is 0 Å². The van der Waals surface area contributed by atoms with Crippen LogP contribution in [0, 0.1) is 24.0 Å². The van der Waals surface area contributed by atoms with Gasteiger partial charge in [-0.3, -0.25) is 0 Å². The van der Waals surface area contributed by atoms with Crippen molar-refractivity contribution in [2.24, 2.45) is 0 Å². The molecule has 120 valence electrons. The first kappa shape index (κ1) is 17.0. The summed E-state index contributed by atoms with van der Waals surface area (Å²) < 4.78 is 31.8. The molecule has 0 saturated heterocycles. The Kier molecular flexibility index (Phi) is 5.36. The molecule has 0 radical (unpaired) electrons. The molecule has 1 unspecified atom stereocenters. The highest BCUT2D eigenvalue weighted by molar-refractivity contribution is 5.38. The highest BCUT2D eigenvalue weighted by Crippen LogP contribution is 2.30. The van der Waals surface area contributed by atoms with E-state index in [0.717, 1.165) is 25.0 Å². The van der Waals surface area contributed by atoms with Crippen molar-refractivity contribution in [2.75, 3.05) is 0 Å². The van der Waals surface area contributed by atoms with Gasteiger partial charge in [0.05, 0.1) is 0 Å². The van der Waals surface area contributed by atoms with Crippen molar-refractivity contribution in [3.8, 4) is 23.8 Å². The molecule has 2 aromatic carbocycles. The Bertz CT molecular complexity index is 704. The molecule has 23 heavy (non-hydrogen) atoms. The molecular formula is C19H18F2O2. The standard InChI is InChI=1S/C19H18F2O2/c1-3-5-12-19(22,4-2)14-6-9-16(10-7-14)23-18-11-8-15(20)13-17(18)21/h2,6-11,13,22H,3,5,12H2,1H3. The number of hydrogen-bond acceptors (Lipinski definition) is 2. The molecule has 0 saturated carbocycles. The Morgan fingerprint density at radius 2 is 1.87 bits per heavy atom. The summed E-state index contributed by atoms with van der Waals surface area (Å²) in [6.45, 7) is 2.02. The first-order chi connectivity index (χ1) is 11.0. The van der Waals surface area contributed by atoms with Crippen molar-refractivity contribution in [1.29, 1.82) is 0 Å². The summed E-state index contributed by atoms with van der Waals surface area (Å²) in [5.74, 6) is 1.28. The monoisotopic (exact) mass is 316 g/mol. The summed E-state index contributed by atoms with van der Waals surface area (Å²) in [6, 6.07) is 9.56. The van der Waals surface area contributed by atoms with Crippen LogP contribution in [0.15, 0.2) is 42.5 Å². The Morgan fingerprint density at radius 1 is 1.17 bits per heavy atom. The summed E-state index contributed by atoms with van der Waals surface area (Å²) in [5.41, 5.74) is -0.740. The maximum atomic E-state index is 13.6. The van der Waals surface area contributed by atoms with Crippen LogP contribution in [0.5, 0.6) is 11.5 Å². The molecule has 1 atom stereocenters. The van der Waals surface area contributed by atoms with Crippen LogP contribution in [0.1, 0.15) is 31.7 Å². The van der Waals surface area contributed by atoms with E-state index in [4.69, 9.17) is 11.2 Å². The molecule has 0 aromatic heterocycles. The van der Waals surface area contributed by atoms with E-state index in [1.165, 1.54) is 6.07 Å². The van der Waals surface area contributed by atoms with Crippen LogP contribution in [-0.4, -0.2) is 5.11 Å². The van der Waals surface area contributed by atoms with Gasteiger partial charge < -0.3 is 9.84 Å². The smallest absolute Gasteiger partial charge is 0.168 e. The van der Waals surface area contributed by atoms with Gasteiger partial charge in [0, 0.05) is 6.07 Å². The van der Waals surface area contributed by atoms with Crippen molar-refractivity contribution in [1.82, 2.24) is 0 Å². The molecule has 0 amide bonds. The van der Waals surface area contributed by atoms with E-state index >= 15 is 0 Å². The molecule has 2 aromatic rings. The first-order valence-corrected chi connectivity index (χ1v) is 7.42. The van der Waals surface area contributed by atoms with Gasteiger partial charge in [0.2, 0.25) is 0 Å². The highest BCUT2D eigenvalue weighted by atomic mass is 19.1. The molecule has 0 heterocycles. The van der Waals surface area contributed by atoms with Crippen molar-refractivity contribution in [3.63, 3.8) is 0 Å². The molecule has 0 fully saturated rings. The van der Waals surface area contributed by atoms with Gasteiger partial charge in [-0.25, -0.2) is 8.78 Å².